The number of benzene rings is 2. The van der Waals surface area contributed by atoms with Crippen molar-refractivity contribution in [2.45, 2.75) is 6.92 Å². The van der Waals surface area contributed by atoms with Crippen LogP contribution in [0.5, 0.6) is 0 Å². The summed E-state index contributed by atoms with van der Waals surface area (Å²) in [4.78, 5) is 2.64. The minimum atomic E-state index is -4.94. The molecule has 124 valence electrons. The second kappa shape index (κ2) is 8.30. The van der Waals surface area contributed by atoms with E-state index in [0.717, 1.165) is 0 Å². The fourth-order valence-corrected chi connectivity index (χ4v) is 3.36. The smallest absolute Gasteiger partial charge is 0.222 e. The standard InChI is InChI=1S/C18H15S.ClHO4/c1-14-12-17(15-8-4-2-5-9-15)19-18(13-14)16-10-6-3-7-11-16;2-1(3,4)5/h2-13H,1H3;(H,2,3,4,5)/q+1;/p-1. The Labute approximate surface area is 146 Å². The zero-order valence-corrected chi connectivity index (χ0v) is 14.4. The van der Waals surface area contributed by atoms with E-state index >= 15 is 0 Å². The highest BCUT2D eigenvalue weighted by atomic mass is 35.7. The number of hydrogen-bond donors (Lipinski definition) is 0. The SMILES string of the molecule is Cc1cc(-c2ccccc2)[s+]c(-c2ccccc2)c1.[O-][Cl+3]([O-])([O-])[O-]. The van der Waals surface area contributed by atoms with Gasteiger partial charge >= 0.3 is 0 Å². The first-order valence-corrected chi connectivity index (χ1v) is 9.05. The maximum Gasteiger partial charge on any atom is 0.238 e. The summed E-state index contributed by atoms with van der Waals surface area (Å²) in [6, 6.07) is 25.7. The van der Waals surface area contributed by atoms with Gasteiger partial charge in [-0.1, -0.05) is 36.4 Å². The molecule has 0 aliphatic heterocycles. The Bertz CT molecular complexity index is 710. The molecule has 0 unspecified atom stereocenters. The first-order valence-electron chi connectivity index (χ1n) is 7.00. The number of aryl methyl sites for hydroxylation is 1. The summed E-state index contributed by atoms with van der Waals surface area (Å²) in [5.41, 5.74) is 3.87. The lowest BCUT2D eigenvalue weighted by Crippen LogP contribution is -2.68. The van der Waals surface area contributed by atoms with Crippen LogP contribution in [0.2, 0.25) is 0 Å². The molecule has 0 saturated carbocycles. The summed E-state index contributed by atoms with van der Waals surface area (Å²) in [5, 5.41) is 0. The van der Waals surface area contributed by atoms with Gasteiger partial charge < -0.3 is 0 Å². The molecule has 0 N–H and O–H groups in total. The molecule has 0 bridgehead atoms. The van der Waals surface area contributed by atoms with Crippen LogP contribution >= 0.6 is 11.3 Å². The fourth-order valence-electron chi connectivity index (χ4n) is 2.12. The van der Waals surface area contributed by atoms with Gasteiger partial charge in [0.15, 0.2) is 0 Å². The summed E-state index contributed by atoms with van der Waals surface area (Å²) in [7, 11) is -4.94. The highest BCUT2D eigenvalue weighted by Gasteiger charge is 2.16. The van der Waals surface area contributed by atoms with Gasteiger partial charge in [-0.05, 0) is 36.8 Å². The van der Waals surface area contributed by atoms with Gasteiger partial charge in [-0.25, -0.2) is 18.6 Å². The van der Waals surface area contributed by atoms with Gasteiger partial charge in [0, 0.05) is 23.3 Å². The number of hydrogen-bond acceptors (Lipinski definition) is 4. The van der Waals surface area contributed by atoms with Crippen LogP contribution in [0, 0.1) is 17.2 Å². The topological polar surface area (TPSA) is 92.2 Å². The Balaban J connectivity index is 0.000000368. The van der Waals surface area contributed by atoms with Crippen LogP contribution in [0.1, 0.15) is 5.56 Å². The molecule has 0 aliphatic rings. The maximum absolute atomic E-state index is 8.49. The Morgan fingerprint density at radius 1 is 0.667 bits per heavy atom. The van der Waals surface area contributed by atoms with Crippen LogP contribution in [0.25, 0.3) is 20.9 Å². The largest absolute Gasteiger partial charge is 0.238 e. The van der Waals surface area contributed by atoms with Crippen LogP contribution in [-0.4, -0.2) is 0 Å². The first-order chi connectivity index (χ1) is 11.3. The lowest BCUT2D eigenvalue weighted by molar-refractivity contribution is -2.00. The van der Waals surface area contributed by atoms with Gasteiger partial charge in [-0.3, -0.25) is 0 Å². The predicted octanol–water partition coefficient (Wildman–Crippen LogP) is 0.916. The maximum atomic E-state index is 8.49. The van der Waals surface area contributed by atoms with Crippen LogP contribution in [-0.2, 0) is 0 Å². The predicted molar refractivity (Wildman–Crippen MR) is 84.3 cm³/mol. The molecule has 1 heterocycles. The van der Waals surface area contributed by atoms with Crippen molar-refractivity contribution in [2.75, 3.05) is 0 Å². The van der Waals surface area contributed by atoms with Gasteiger partial charge in [0.25, 0.3) is 0 Å². The molecule has 3 rings (SSSR count). The van der Waals surface area contributed by atoms with Gasteiger partial charge in [0.2, 0.25) is 21.1 Å². The Hall–Kier alpha value is -1.86. The molecule has 3 aromatic rings. The zero-order valence-electron chi connectivity index (χ0n) is 12.8. The number of rotatable bonds is 2. The van der Waals surface area contributed by atoms with E-state index in [4.69, 9.17) is 18.6 Å². The molecule has 0 spiro atoms. The average molecular weight is 363 g/mol. The van der Waals surface area contributed by atoms with Crippen molar-refractivity contribution in [2.24, 2.45) is 0 Å². The minimum Gasteiger partial charge on any atom is -0.222 e. The van der Waals surface area contributed by atoms with E-state index in [1.807, 2.05) is 11.3 Å². The third-order valence-corrected chi connectivity index (χ3v) is 4.20. The average Bonchev–Trinajstić information content (AvgIpc) is 2.54. The zero-order chi connectivity index (χ0) is 17.6. The quantitative estimate of drug-likeness (QED) is 0.633. The minimum absolute atomic E-state index is 1.29. The van der Waals surface area contributed by atoms with Crippen molar-refractivity contribution in [3.63, 3.8) is 0 Å². The van der Waals surface area contributed by atoms with Gasteiger partial charge in [-0.15, -0.1) is 10.2 Å². The van der Waals surface area contributed by atoms with Crippen LogP contribution in [0.3, 0.4) is 0 Å². The van der Waals surface area contributed by atoms with Crippen molar-refractivity contribution >= 4 is 11.3 Å². The van der Waals surface area contributed by atoms with Crippen LogP contribution < -0.4 is 18.6 Å². The second-order valence-electron chi connectivity index (χ2n) is 4.97. The summed E-state index contributed by atoms with van der Waals surface area (Å²) < 4.78 is 34.0. The first kappa shape index (κ1) is 18.5. The summed E-state index contributed by atoms with van der Waals surface area (Å²) in [6.45, 7) is 2.16. The van der Waals surface area contributed by atoms with Gasteiger partial charge in [0.1, 0.15) is 0 Å². The Kier molecular flexibility index (Phi) is 6.39. The normalized spacial score (nSPS) is 10.7. The third kappa shape index (κ3) is 6.33. The molecule has 0 atom stereocenters. The third-order valence-electron chi connectivity index (χ3n) is 3.05. The van der Waals surface area contributed by atoms with E-state index in [2.05, 4.69) is 79.7 Å². The van der Waals surface area contributed by atoms with E-state index < -0.39 is 10.2 Å². The van der Waals surface area contributed by atoms with Crippen molar-refractivity contribution < 1.29 is 28.9 Å². The van der Waals surface area contributed by atoms with Gasteiger partial charge in [0.05, 0.1) is 0 Å². The summed E-state index contributed by atoms with van der Waals surface area (Å²) in [6.07, 6.45) is 0. The second-order valence-corrected chi connectivity index (χ2v) is 6.81. The molecule has 4 nitrogen and oxygen atoms in total. The van der Waals surface area contributed by atoms with E-state index in [0.29, 0.717) is 0 Å². The molecule has 2 aromatic carbocycles. The molecular weight excluding hydrogens is 348 g/mol. The molecular formula is C18H15ClO4S. The van der Waals surface area contributed by atoms with E-state index in [1.54, 1.807) is 0 Å². The van der Waals surface area contributed by atoms with Crippen LogP contribution in [0.15, 0.2) is 72.8 Å². The Morgan fingerprint density at radius 3 is 1.33 bits per heavy atom. The molecule has 0 radical (unpaired) electrons. The number of halogens is 1. The molecule has 0 saturated heterocycles. The molecule has 24 heavy (non-hydrogen) atoms. The fraction of sp³-hybridized carbons (Fsp3) is 0.0556. The van der Waals surface area contributed by atoms with E-state index in [9.17, 15) is 0 Å². The van der Waals surface area contributed by atoms with Crippen molar-refractivity contribution in [3.8, 4) is 20.9 Å². The lowest BCUT2D eigenvalue weighted by atomic mass is 10.1. The highest BCUT2D eigenvalue weighted by Crippen LogP contribution is 2.33. The highest BCUT2D eigenvalue weighted by molar-refractivity contribution is 7.18. The molecule has 1 aromatic heterocycles. The van der Waals surface area contributed by atoms with Crippen molar-refractivity contribution in [3.05, 3.63) is 78.4 Å². The molecule has 0 amide bonds. The summed E-state index contributed by atoms with van der Waals surface area (Å²) >= 11 is 1.84. The Morgan fingerprint density at radius 2 is 1.00 bits per heavy atom. The van der Waals surface area contributed by atoms with Crippen LogP contribution in [0.4, 0.5) is 0 Å². The van der Waals surface area contributed by atoms with E-state index in [1.165, 1.54) is 26.4 Å². The monoisotopic (exact) mass is 362 g/mol. The van der Waals surface area contributed by atoms with Gasteiger partial charge in [-0.2, -0.15) is 0 Å². The molecule has 0 aliphatic carbocycles. The lowest BCUT2D eigenvalue weighted by Gasteiger charge is -2.17. The van der Waals surface area contributed by atoms with Crippen molar-refractivity contribution in [1.82, 2.24) is 0 Å². The molecule has 6 heteroatoms. The van der Waals surface area contributed by atoms with E-state index in [-0.39, 0.29) is 0 Å². The molecule has 0 fully saturated rings. The summed E-state index contributed by atoms with van der Waals surface area (Å²) in [5.74, 6) is 0. The van der Waals surface area contributed by atoms with Crippen molar-refractivity contribution in [1.29, 1.82) is 0 Å².